The molecule has 1 aliphatic carbocycles. The van der Waals surface area contributed by atoms with Crippen molar-refractivity contribution in [1.29, 1.82) is 0 Å². The minimum absolute atomic E-state index is 0.0210. The Labute approximate surface area is 115 Å². The molecule has 6 nitrogen and oxygen atoms in total. The fourth-order valence-electron chi connectivity index (χ4n) is 2.38. The van der Waals surface area contributed by atoms with E-state index < -0.39 is 10.2 Å². The van der Waals surface area contributed by atoms with E-state index in [9.17, 15) is 13.2 Å². The third-order valence-corrected chi connectivity index (χ3v) is 5.79. The van der Waals surface area contributed by atoms with Crippen molar-refractivity contribution < 1.29 is 13.2 Å². The highest BCUT2D eigenvalue weighted by Crippen LogP contribution is 2.22. The minimum atomic E-state index is -3.52. The van der Waals surface area contributed by atoms with E-state index in [1.165, 1.54) is 11.4 Å². The summed E-state index contributed by atoms with van der Waals surface area (Å²) in [5.74, 6) is -0.210. The molecule has 1 heterocycles. The first kappa shape index (κ1) is 14.7. The molecule has 0 aromatic heterocycles. The molecule has 1 N–H and O–H groups in total. The molecule has 1 atom stereocenters. The third kappa shape index (κ3) is 3.67. The number of nitrogens with zero attached hydrogens (tertiary/aromatic N) is 2. The summed E-state index contributed by atoms with van der Waals surface area (Å²) in [6, 6.07) is 0.283. The maximum atomic E-state index is 12.4. The van der Waals surface area contributed by atoms with Gasteiger partial charge in [-0.25, -0.2) is 0 Å². The molecule has 2 fully saturated rings. The summed E-state index contributed by atoms with van der Waals surface area (Å²) >= 11 is 0. The largest absolute Gasteiger partial charge is 0.352 e. The van der Waals surface area contributed by atoms with E-state index in [0.717, 1.165) is 36.4 Å². The topological polar surface area (TPSA) is 69.7 Å². The highest BCUT2D eigenvalue weighted by molar-refractivity contribution is 7.86. The molecule has 0 aromatic carbocycles. The zero-order chi connectivity index (χ0) is 14.0. The van der Waals surface area contributed by atoms with Crippen LogP contribution in [-0.4, -0.2) is 55.2 Å². The van der Waals surface area contributed by atoms with Crippen molar-refractivity contribution in [2.45, 2.75) is 51.1 Å². The molecule has 2 rings (SSSR count). The molecule has 0 unspecified atom stereocenters. The van der Waals surface area contributed by atoms with Gasteiger partial charge in [0.1, 0.15) is 0 Å². The average molecular weight is 289 g/mol. The number of hydrogen-bond acceptors (Lipinski definition) is 3. The molecular weight excluding hydrogens is 266 g/mol. The fraction of sp³-hybridized carbons (Fsp3) is 0.917. The summed E-state index contributed by atoms with van der Waals surface area (Å²) in [7, 11) is -2.04. The number of rotatable bonds is 5. The number of piperidine rings is 1. The molecule has 1 saturated heterocycles. The summed E-state index contributed by atoms with van der Waals surface area (Å²) in [5, 5.41) is 2.81. The van der Waals surface area contributed by atoms with Crippen LogP contribution in [-0.2, 0) is 15.0 Å². The first-order valence-electron chi connectivity index (χ1n) is 6.93. The van der Waals surface area contributed by atoms with Gasteiger partial charge in [0, 0.05) is 25.7 Å². The summed E-state index contributed by atoms with van der Waals surface area (Å²) < 4.78 is 27.5. The van der Waals surface area contributed by atoms with Crippen LogP contribution < -0.4 is 5.32 Å². The van der Waals surface area contributed by atoms with E-state index in [0.29, 0.717) is 6.54 Å². The van der Waals surface area contributed by atoms with E-state index in [2.05, 4.69) is 5.32 Å². The van der Waals surface area contributed by atoms with Gasteiger partial charge in [-0.05, 0) is 32.6 Å². The van der Waals surface area contributed by atoms with Gasteiger partial charge < -0.3 is 5.32 Å². The monoisotopic (exact) mass is 289 g/mol. The molecule has 0 spiro atoms. The molecule has 110 valence electrons. The predicted octanol–water partition coefficient (Wildman–Crippen LogP) is 0.316. The SMILES string of the molecule is C[C@@H]1CCCCN1S(=O)(=O)N(C)CC(=O)NC1CC1. The molecule has 1 aliphatic heterocycles. The Balaban J connectivity index is 1.94. The molecule has 0 bridgehead atoms. The van der Waals surface area contributed by atoms with Gasteiger partial charge in [-0.2, -0.15) is 17.0 Å². The summed E-state index contributed by atoms with van der Waals surface area (Å²) in [6.45, 7) is 2.38. The predicted molar refractivity (Wildman–Crippen MR) is 72.7 cm³/mol. The van der Waals surface area contributed by atoms with Gasteiger partial charge in [-0.1, -0.05) is 6.42 Å². The van der Waals surface area contributed by atoms with E-state index in [1.807, 2.05) is 6.92 Å². The Morgan fingerprint density at radius 2 is 2.00 bits per heavy atom. The third-order valence-electron chi connectivity index (χ3n) is 3.74. The summed E-state index contributed by atoms with van der Waals surface area (Å²) in [6.07, 6.45) is 4.86. The van der Waals surface area contributed by atoms with Gasteiger partial charge in [0.15, 0.2) is 0 Å². The van der Waals surface area contributed by atoms with Gasteiger partial charge in [0.05, 0.1) is 6.54 Å². The number of carbonyl (C=O) groups excluding carboxylic acids is 1. The van der Waals surface area contributed by atoms with Crippen LogP contribution in [0.4, 0.5) is 0 Å². The lowest BCUT2D eigenvalue weighted by atomic mass is 10.1. The Bertz CT molecular complexity index is 434. The van der Waals surface area contributed by atoms with Crippen molar-refractivity contribution in [2.75, 3.05) is 20.1 Å². The highest BCUT2D eigenvalue weighted by Gasteiger charge is 2.34. The molecule has 0 radical (unpaired) electrons. The second-order valence-electron chi connectivity index (χ2n) is 5.56. The van der Waals surface area contributed by atoms with Crippen molar-refractivity contribution in [3.8, 4) is 0 Å². The van der Waals surface area contributed by atoms with Crippen LogP contribution in [0.15, 0.2) is 0 Å². The first-order valence-corrected chi connectivity index (χ1v) is 8.33. The van der Waals surface area contributed by atoms with Crippen LogP contribution in [0.3, 0.4) is 0 Å². The van der Waals surface area contributed by atoms with Gasteiger partial charge in [-0.3, -0.25) is 4.79 Å². The van der Waals surface area contributed by atoms with Crippen LogP contribution in [0, 0.1) is 0 Å². The normalized spacial score (nSPS) is 25.5. The second kappa shape index (κ2) is 5.76. The quantitative estimate of drug-likeness (QED) is 0.792. The van der Waals surface area contributed by atoms with Crippen molar-refractivity contribution in [2.24, 2.45) is 0 Å². The van der Waals surface area contributed by atoms with Gasteiger partial charge in [-0.15, -0.1) is 0 Å². The molecule has 19 heavy (non-hydrogen) atoms. The van der Waals surface area contributed by atoms with Crippen molar-refractivity contribution in [3.05, 3.63) is 0 Å². The number of nitrogens with one attached hydrogen (secondary N) is 1. The Hall–Kier alpha value is -0.660. The molecule has 2 aliphatic rings. The lowest BCUT2D eigenvalue weighted by Crippen LogP contribution is -2.50. The lowest BCUT2D eigenvalue weighted by Gasteiger charge is -2.34. The van der Waals surface area contributed by atoms with Crippen LogP contribution in [0.5, 0.6) is 0 Å². The minimum Gasteiger partial charge on any atom is -0.352 e. The molecular formula is C12H23N3O3S. The van der Waals surface area contributed by atoms with Gasteiger partial charge in [0.25, 0.3) is 10.2 Å². The molecule has 0 aromatic rings. The zero-order valence-corrected chi connectivity index (χ0v) is 12.4. The van der Waals surface area contributed by atoms with Crippen LogP contribution >= 0.6 is 0 Å². The highest BCUT2D eigenvalue weighted by atomic mass is 32.2. The second-order valence-corrected chi connectivity index (χ2v) is 7.55. The van der Waals surface area contributed by atoms with Crippen molar-refractivity contribution in [3.63, 3.8) is 0 Å². The smallest absolute Gasteiger partial charge is 0.282 e. The standard InChI is InChI=1S/C12H23N3O3S/c1-10-5-3-4-8-15(10)19(17,18)14(2)9-12(16)13-11-6-7-11/h10-11H,3-9H2,1-2H3,(H,13,16)/t10-/m1/s1. The first-order chi connectivity index (χ1) is 8.91. The Morgan fingerprint density at radius 3 is 2.58 bits per heavy atom. The van der Waals surface area contributed by atoms with Crippen molar-refractivity contribution >= 4 is 16.1 Å². The van der Waals surface area contributed by atoms with Crippen molar-refractivity contribution in [1.82, 2.24) is 13.9 Å². The van der Waals surface area contributed by atoms with E-state index in [-0.39, 0.29) is 24.5 Å². The Kier molecular flexibility index (Phi) is 4.47. The van der Waals surface area contributed by atoms with E-state index >= 15 is 0 Å². The molecule has 7 heteroatoms. The maximum absolute atomic E-state index is 12.4. The van der Waals surface area contributed by atoms with E-state index in [4.69, 9.17) is 0 Å². The number of carbonyl (C=O) groups is 1. The van der Waals surface area contributed by atoms with Gasteiger partial charge in [0.2, 0.25) is 5.91 Å². The van der Waals surface area contributed by atoms with Gasteiger partial charge >= 0.3 is 0 Å². The number of hydrogen-bond donors (Lipinski definition) is 1. The number of likely N-dealkylation sites (N-methyl/N-ethyl adjacent to an activating group) is 1. The Morgan fingerprint density at radius 1 is 1.32 bits per heavy atom. The maximum Gasteiger partial charge on any atom is 0.282 e. The molecule has 1 saturated carbocycles. The number of amides is 1. The zero-order valence-electron chi connectivity index (χ0n) is 11.6. The van der Waals surface area contributed by atoms with Crippen LogP contribution in [0.1, 0.15) is 39.0 Å². The molecule has 1 amide bonds. The van der Waals surface area contributed by atoms with Crippen LogP contribution in [0.25, 0.3) is 0 Å². The van der Waals surface area contributed by atoms with Crippen LogP contribution in [0.2, 0.25) is 0 Å². The summed E-state index contributed by atoms with van der Waals surface area (Å²) in [5.41, 5.74) is 0. The van der Waals surface area contributed by atoms with E-state index in [1.54, 1.807) is 0 Å². The lowest BCUT2D eigenvalue weighted by molar-refractivity contribution is -0.121. The average Bonchev–Trinajstić information content (AvgIpc) is 3.12. The fourth-order valence-corrected chi connectivity index (χ4v) is 3.94. The summed E-state index contributed by atoms with van der Waals surface area (Å²) in [4.78, 5) is 11.7.